The zero-order valence-electron chi connectivity index (χ0n) is 9.61. The minimum atomic E-state index is 0.0324. The van der Waals surface area contributed by atoms with Crippen LogP contribution in [0.2, 0.25) is 5.02 Å². The summed E-state index contributed by atoms with van der Waals surface area (Å²) in [5, 5.41) is 0.729. The Balaban J connectivity index is 2.22. The van der Waals surface area contributed by atoms with Gasteiger partial charge in [0.15, 0.2) is 0 Å². The highest BCUT2D eigenvalue weighted by Crippen LogP contribution is 2.23. The monoisotopic (exact) mass is 250 g/mol. The van der Waals surface area contributed by atoms with Gasteiger partial charge >= 0.3 is 0 Å². The summed E-state index contributed by atoms with van der Waals surface area (Å²) >= 11 is 6.05. The number of furan rings is 1. The molecule has 17 heavy (non-hydrogen) atoms. The van der Waals surface area contributed by atoms with E-state index < -0.39 is 0 Å². The lowest BCUT2D eigenvalue weighted by Gasteiger charge is -2.16. The average molecular weight is 251 g/mol. The third-order valence-corrected chi connectivity index (χ3v) is 2.91. The number of hydrogen-bond acceptors (Lipinski definition) is 3. The van der Waals surface area contributed by atoms with E-state index in [9.17, 15) is 0 Å². The van der Waals surface area contributed by atoms with E-state index in [-0.39, 0.29) is 6.04 Å². The molecule has 0 radical (unpaired) electrons. The Morgan fingerprint density at radius 3 is 2.82 bits per heavy atom. The first-order valence-electron chi connectivity index (χ1n) is 5.43. The smallest absolute Gasteiger partial charge is 0.0935 e. The van der Waals surface area contributed by atoms with E-state index in [1.54, 1.807) is 12.5 Å². The van der Waals surface area contributed by atoms with Crippen LogP contribution in [0.25, 0.3) is 0 Å². The fourth-order valence-corrected chi connectivity index (χ4v) is 2.18. The van der Waals surface area contributed by atoms with Crippen LogP contribution in [-0.2, 0) is 6.42 Å². The van der Waals surface area contributed by atoms with Crippen molar-refractivity contribution in [2.45, 2.75) is 19.4 Å². The Morgan fingerprint density at radius 1 is 1.41 bits per heavy atom. The third-order valence-electron chi connectivity index (χ3n) is 2.69. The topological polar surface area (TPSA) is 51.2 Å². The van der Waals surface area contributed by atoms with Crippen molar-refractivity contribution in [3.63, 3.8) is 0 Å². The SMILES string of the molecule is Cc1cc(Cl)cc(C(Cc2ccoc2)NN)c1. The molecule has 0 aliphatic heterocycles. The number of nitrogens with two attached hydrogens (primary N) is 1. The number of rotatable bonds is 4. The van der Waals surface area contributed by atoms with Crippen LogP contribution in [-0.4, -0.2) is 0 Å². The number of benzene rings is 1. The molecule has 1 heterocycles. The van der Waals surface area contributed by atoms with Crippen LogP contribution >= 0.6 is 11.6 Å². The predicted octanol–water partition coefficient (Wildman–Crippen LogP) is 2.99. The van der Waals surface area contributed by atoms with Crippen molar-refractivity contribution < 1.29 is 4.42 Å². The summed E-state index contributed by atoms with van der Waals surface area (Å²) in [5.74, 6) is 5.60. The second-order valence-electron chi connectivity index (χ2n) is 4.12. The lowest BCUT2D eigenvalue weighted by Crippen LogP contribution is -2.29. The van der Waals surface area contributed by atoms with Gasteiger partial charge in [-0.1, -0.05) is 17.7 Å². The van der Waals surface area contributed by atoms with E-state index in [2.05, 4.69) is 11.5 Å². The van der Waals surface area contributed by atoms with Gasteiger partial charge in [-0.15, -0.1) is 0 Å². The minimum absolute atomic E-state index is 0.0324. The maximum Gasteiger partial charge on any atom is 0.0935 e. The molecule has 0 fully saturated rings. The van der Waals surface area contributed by atoms with E-state index in [1.165, 1.54) is 0 Å². The second kappa shape index (κ2) is 5.36. The van der Waals surface area contributed by atoms with Gasteiger partial charge in [-0.05, 0) is 48.2 Å². The van der Waals surface area contributed by atoms with Crippen LogP contribution in [0.5, 0.6) is 0 Å². The van der Waals surface area contributed by atoms with Crippen LogP contribution in [0.1, 0.15) is 22.7 Å². The van der Waals surface area contributed by atoms with Crippen LogP contribution in [0, 0.1) is 6.92 Å². The number of hydrogen-bond donors (Lipinski definition) is 2. The summed E-state index contributed by atoms with van der Waals surface area (Å²) in [4.78, 5) is 0. The van der Waals surface area contributed by atoms with Crippen LogP contribution in [0.3, 0.4) is 0 Å². The molecule has 0 amide bonds. The van der Waals surface area contributed by atoms with Gasteiger partial charge in [0.2, 0.25) is 0 Å². The fraction of sp³-hybridized carbons (Fsp3) is 0.231. The van der Waals surface area contributed by atoms with Gasteiger partial charge in [0.05, 0.1) is 18.6 Å². The van der Waals surface area contributed by atoms with Crippen LogP contribution < -0.4 is 11.3 Å². The third kappa shape index (κ3) is 3.09. The molecule has 1 aromatic carbocycles. The molecule has 0 spiro atoms. The van der Waals surface area contributed by atoms with Gasteiger partial charge in [0.1, 0.15) is 0 Å². The lowest BCUT2D eigenvalue weighted by atomic mass is 9.99. The molecule has 1 atom stereocenters. The van der Waals surface area contributed by atoms with Gasteiger partial charge in [-0.3, -0.25) is 11.3 Å². The Bertz CT molecular complexity index is 462. The summed E-state index contributed by atoms with van der Waals surface area (Å²) < 4.78 is 5.05. The number of nitrogens with one attached hydrogen (secondary N) is 1. The molecular weight excluding hydrogens is 236 g/mol. The van der Waals surface area contributed by atoms with Crippen LogP contribution in [0.15, 0.2) is 41.2 Å². The molecule has 0 bridgehead atoms. The first-order chi connectivity index (χ1) is 8.19. The van der Waals surface area contributed by atoms with Crippen molar-refractivity contribution in [1.29, 1.82) is 0 Å². The van der Waals surface area contributed by atoms with Crippen molar-refractivity contribution in [2.24, 2.45) is 5.84 Å². The minimum Gasteiger partial charge on any atom is -0.472 e. The van der Waals surface area contributed by atoms with Crippen molar-refractivity contribution >= 4 is 11.6 Å². The standard InChI is InChI=1S/C13H15ClN2O/c1-9-4-11(7-12(14)5-9)13(16-15)6-10-2-3-17-8-10/h2-5,7-8,13,16H,6,15H2,1H3. The molecule has 1 unspecified atom stereocenters. The molecule has 4 heteroatoms. The molecule has 0 aliphatic rings. The van der Waals surface area contributed by atoms with Gasteiger partial charge in [0.25, 0.3) is 0 Å². The highest BCUT2D eigenvalue weighted by molar-refractivity contribution is 6.30. The highest BCUT2D eigenvalue weighted by atomic mass is 35.5. The van der Waals surface area contributed by atoms with Crippen LogP contribution in [0.4, 0.5) is 0 Å². The van der Waals surface area contributed by atoms with E-state index in [0.717, 1.165) is 28.1 Å². The molecule has 0 saturated carbocycles. The van der Waals surface area contributed by atoms with Gasteiger partial charge in [-0.2, -0.15) is 0 Å². The molecule has 3 N–H and O–H groups in total. The summed E-state index contributed by atoms with van der Waals surface area (Å²) in [7, 11) is 0. The number of aryl methyl sites for hydroxylation is 1. The van der Waals surface area contributed by atoms with Gasteiger partial charge < -0.3 is 4.42 Å². The van der Waals surface area contributed by atoms with Crippen molar-refractivity contribution in [3.05, 3.63) is 58.5 Å². The molecule has 0 saturated heterocycles. The van der Waals surface area contributed by atoms with Gasteiger partial charge in [-0.25, -0.2) is 0 Å². The Hall–Kier alpha value is -1.29. The number of hydrazine groups is 1. The summed E-state index contributed by atoms with van der Waals surface area (Å²) in [6, 6.07) is 7.90. The van der Waals surface area contributed by atoms with Gasteiger partial charge in [0, 0.05) is 5.02 Å². The van der Waals surface area contributed by atoms with E-state index in [0.29, 0.717) is 0 Å². The molecule has 2 aromatic rings. The van der Waals surface area contributed by atoms with E-state index in [1.807, 2.05) is 25.1 Å². The number of halogens is 1. The molecule has 0 aliphatic carbocycles. The highest BCUT2D eigenvalue weighted by Gasteiger charge is 2.12. The molecular formula is C13H15ClN2O. The Labute approximate surface area is 106 Å². The molecule has 2 rings (SSSR count). The van der Waals surface area contributed by atoms with Crippen molar-refractivity contribution in [2.75, 3.05) is 0 Å². The Kier molecular flexibility index (Phi) is 3.84. The quantitative estimate of drug-likeness (QED) is 0.648. The molecule has 90 valence electrons. The second-order valence-corrected chi connectivity index (χ2v) is 4.55. The maximum absolute atomic E-state index is 6.05. The normalized spacial score (nSPS) is 12.6. The molecule has 3 nitrogen and oxygen atoms in total. The average Bonchev–Trinajstić information content (AvgIpc) is 2.77. The first-order valence-corrected chi connectivity index (χ1v) is 5.81. The van der Waals surface area contributed by atoms with Crippen molar-refractivity contribution in [1.82, 2.24) is 5.43 Å². The zero-order valence-corrected chi connectivity index (χ0v) is 10.4. The zero-order chi connectivity index (χ0) is 12.3. The largest absolute Gasteiger partial charge is 0.472 e. The predicted molar refractivity (Wildman–Crippen MR) is 68.7 cm³/mol. The van der Waals surface area contributed by atoms with E-state index >= 15 is 0 Å². The summed E-state index contributed by atoms with van der Waals surface area (Å²) in [5.41, 5.74) is 6.12. The summed E-state index contributed by atoms with van der Waals surface area (Å²) in [6.07, 6.45) is 4.15. The van der Waals surface area contributed by atoms with E-state index in [4.69, 9.17) is 21.9 Å². The first kappa shape index (κ1) is 12.2. The summed E-state index contributed by atoms with van der Waals surface area (Å²) in [6.45, 7) is 2.01. The lowest BCUT2D eigenvalue weighted by molar-refractivity contribution is 0.536. The van der Waals surface area contributed by atoms with Crippen molar-refractivity contribution in [3.8, 4) is 0 Å². The Morgan fingerprint density at radius 2 is 2.24 bits per heavy atom. The molecule has 1 aromatic heterocycles. The fourth-order valence-electron chi connectivity index (χ4n) is 1.88. The maximum atomic E-state index is 6.05.